The van der Waals surface area contributed by atoms with Gasteiger partial charge in [-0.1, -0.05) is 19.8 Å². The minimum absolute atomic E-state index is 0.0253. The van der Waals surface area contributed by atoms with Crippen LogP contribution >= 0.6 is 0 Å². The number of aryl methyl sites for hydroxylation is 1. The smallest absolute Gasteiger partial charge is 0.126 e. The molecule has 0 aromatic carbocycles. The molecule has 0 amide bonds. The van der Waals surface area contributed by atoms with Gasteiger partial charge in [-0.25, -0.2) is 4.98 Å². The van der Waals surface area contributed by atoms with Crippen molar-refractivity contribution >= 4 is 11.0 Å². The highest BCUT2D eigenvalue weighted by Crippen LogP contribution is 2.20. The van der Waals surface area contributed by atoms with Crippen LogP contribution in [0.1, 0.15) is 38.1 Å². The number of rotatable bonds is 4. The highest BCUT2D eigenvalue weighted by Gasteiger charge is 2.14. The number of hydrogen-bond donors (Lipinski definition) is 1. The molecule has 0 aliphatic heterocycles. The number of fused-ring (bicyclic) bond motifs is 1. The largest absolute Gasteiger partial charge is 0.329 e. The van der Waals surface area contributed by atoms with Gasteiger partial charge in [0, 0.05) is 13.2 Å². The van der Waals surface area contributed by atoms with Crippen LogP contribution in [0.2, 0.25) is 0 Å². The average Bonchev–Trinajstić information content (AvgIpc) is 2.64. The fraction of sp³-hybridized carbons (Fsp3) is 0.500. The maximum Gasteiger partial charge on any atom is 0.126 e. The molecule has 0 aliphatic carbocycles. The molecule has 2 N–H and O–H groups in total. The van der Waals surface area contributed by atoms with E-state index < -0.39 is 0 Å². The van der Waals surface area contributed by atoms with E-state index in [1.165, 1.54) is 6.42 Å². The number of imidazole rings is 1. The molecule has 0 aliphatic rings. The zero-order chi connectivity index (χ0) is 11.5. The lowest BCUT2D eigenvalue weighted by Crippen LogP contribution is -2.15. The van der Waals surface area contributed by atoms with Gasteiger partial charge in [-0.2, -0.15) is 0 Å². The van der Waals surface area contributed by atoms with Crippen LogP contribution in [0, 0.1) is 0 Å². The first-order chi connectivity index (χ1) is 7.74. The number of nitrogens with two attached hydrogens (primary N) is 1. The Morgan fingerprint density at radius 3 is 3.00 bits per heavy atom. The van der Waals surface area contributed by atoms with E-state index in [9.17, 15) is 0 Å². The molecule has 0 bridgehead atoms. The number of unbranched alkanes of at least 4 members (excludes halogenated alkanes) is 1. The highest BCUT2D eigenvalue weighted by atomic mass is 15.1. The summed E-state index contributed by atoms with van der Waals surface area (Å²) in [6.07, 6.45) is 6.89. The van der Waals surface area contributed by atoms with Crippen LogP contribution in [-0.4, -0.2) is 14.5 Å². The van der Waals surface area contributed by atoms with Crippen LogP contribution in [-0.2, 0) is 7.05 Å². The SMILES string of the molecule is CCCCC(N)c1nc2ccncc2n1C. The molecule has 0 spiro atoms. The van der Waals surface area contributed by atoms with Gasteiger partial charge < -0.3 is 10.3 Å². The third kappa shape index (κ3) is 1.93. The molecule has 1 atom stereocenters. The fourth-order valence-electron chi connectivity index (χ4n) is 1.94. The molecule has 2 aromatic heterocycles. The third-order valence-electron chi connectivity index (χ3n) is 2.92. The van der Waals surface area contributed by atoms with E-state index >= 15 is 0 Å². The molecule has 2 aromatic rings. The topological polar surface area (TPSA) is 56.7 Å². The van der Waals surface area contributed by atoms with Gasteiger partial charge in [0.15, 0.2) is 0 Å². The van der Waals surface area contributed by atoms with Crippen molar-refractivity contribution in [3.63, 3.8) is 0 Å². The summed E-state index contributed by atoms with van der Waals surface area (Å²) in [6.45, 7) is 2.17. The summed E-state index contributed by atoms with van der Waals surface area (Å²) in [5, 5.41) is 0. The second kappa shape index (κ2) is 4.61. The van der Waals surface area contributed by atoms with Crippen LogP contribution in [0.15, 0.2) is 18.5 Å². The van der Waals surface area contributed by atoms with Crippen molar-refractivity contribution in [2.75, 3.05) is 0 Å². The number of nitrogens with zero attached hydrogens (tertiary/aromatic N) is 3. The van der Waals surface area contributed by atoms with Gasteiger partial charge in [-0.15, -0.1) is 0 Å². The summed E-state index contributed by atoms with van der Waals surface area (Å²) in [4.78, 5) is 8.67. The molecule has 4 nitrogen and oxygen atoms in total. The Balaban J connectivity index is 2.33. The van der Waals surface area contributed by atoms with E-state index in [4.69, 9.17) is 5.73 Å². The zero-order valence-electron chi connectivity index (χ0n) is 9.85. The Hall–Kier alpha value is -1.42. The normalized spacial score (nSPS) is 13.2. The Morgan fingerprint density at radius 1 is 1.50 bits per heavy atom. The molecular formula is C12H18N4. The van der Waals surface area contributed by atoms with Crippen molar-refractivity contribution in [3.05, 3.63) is 24.3 Å². The number of pyridine rings is 1. The summed E-state index contributed by atoms with van der Waals surface area (Å²) in [5.41, 5.74) is 8.16. The van der Waals surface area contributed by atoms with Gasteiger partial charge >= 0.3 is 0 Å². The molecule has 0 fully saturated rings. The van der Waals surface area contributed by atoms with Crippen molar-refractivity contribution in [2.45, 2.75) is 32.2 Å². The van der Waals surface area contributed by atoms with E-state index in [1.807, 2.05) is 23.9 Å². The second-order valence-electron chi connectivity index (χ2n) is 4.14. The van der Waals surface area contributed by atoms with Crippen molar-refractivity contribution in [3.8, 4) is 0 Å². The minimum Gasteiger partial charge on any atom is -0.329 e. The molecule has 0 saturated carbocycles. The first-order valence-corrected chi connectivity index (χ1v) is 5.76. The summed E-state index contributed by atoms with van der Waals surface area (Å²) < 4.78 is 2.04. The second-order valence-corrected chi connectivity index (χ2v) is 4.14. The monoisotopic (exact) mass is 218 g/mol. The summed E-state index contributed by atoms with van der Waals surface area (Å²) in [6, 6.07) is 1.95. The van der Waals surface area contributed by atoms with Crippen LogP contribution < -0.4 is 5.73 Å². The van der Waals surface area contributed by atoms with E-state index in [2.05, 4.69) is 16.9 Å². The predicted molar refractivity (Wildman–Crippen MR) is 65.0 cm³/mol. The first-order valence-electron chi connectivity index (χ1n) is 5.76. The first kappa shape index (κ1) is 11.1. The predicted octanol–water partition coefficient (Wildman–Crippen LogP) is 2.16. The number of hydrogen-bond acceptors (Lipinski definition) is 3. The van der Waals surface area contributed by atoms with E-state index in [-0.39, 0.29) is 6.04 Å². The quantitative estimate of drug-likeness (QED) is 0.855. The van der Waals surface area contributed by atoms with Crippen molar-refractivity contribution in [1.29, 1.82) is 0 Å². The summed E-state index contributed by atoms with van der Waals surface area (Å²) >= 11 is 0. The van der Waals surface area contributed by atoms with Gasteiger partial charge in [0.25, 0.3) is 0 Å². The average molecular weight is 218 g/mol. The van der Waals surface area contributed by atoms with Crippen molar-refractivity contribution < 1.29 is 0 Å². The van der Waals surface area contributed by atoms with Crippen LogP contribution in [0.4, 0.5) is 0 Å². The minimum atomic E-state index is 0.0253. The summed E-state index contributed by atoms with van der Waals surface area (Å²) in [5.74, 6) is 0.955. The van der Waals surface area contributed by atoms with Crippen LogP contribution in [0.3, 0.4) is 0 Å². The molecule has 1 unspecified atom stereocenters. The molecule has 0 radical (unpaired) electrons. The Kier molecular flexibility index (Phi) is 3.19. The molecule has 4 heteroatoms. The number of aromatic nitrogens is 3. The molecule has 2 rings (SSSR count). The van der Waals surface area contributed by atoms with Crippen LogP contribution in [0.25, 0.3) is 11.0 Å². The fourth-order valence-corrected chi connectivity index (χ4v) is 1.94. The third-order valence-corrected chi connectivity index (χ3v) is 2.92. The standard InChI is InChI=1S/C12H18N4/c1-3-4-5-9(13)12-15-10-6-7-14-8-11(10)16(12)2/h6-9H,3-5,13H2,1-2H3. The van der Waals surface area contributed by atoms with Crippen molar-refractivity contribution in [1.82, 2.24) is 14.5 Å². The van der Waals surface area contributed by atoms with Gasteiger partial charge in [-0.05, 0) is 12.5 Å². The molecule has 2 heterocycles. The van der Waals surface area contributed by atoms with Gasteiger partial charge in [0.05, 0.1) is 23.3 Å². The lowest BCUT2D eigenvalue weighted by atomic mass is 10.1. The van der Waals surface area contributed by atoms with Crippen molar-refractivity contribution in [2.24, 2.45) is 12.8 Å². The Morgan fingerprint density at radius 2 is 2.31 bits per heavy atom. The van der Waals surface area contributed by atoms with Crippen LogP contribution in [0.5, 0.6) is 0 Å². The highest BCUT2D eigenvalue weighted by molar-refractivity contribution is 5.74. The summed E-state index contributed by atoms with van der Waals surface area (Å²) in [7, 11) is 2.00. The van der Waals surface area contributed by atoms with Gasteiger partial charge in [0.2, 0.25) is 0 Å². The molecular weight excluding hydrogens is 200 g/mol. The van der Waals surface area contributed by atoms with E-state index in [0.29, 0.717) is 0 Å². The zero-order valence-corrected chi connectivity index (χ0v) is 9.85. The maximum absolute atomic E-state index is 6.14. The van der Waals surface area contributed by atoms with E-state index in [0.717, 1.165) is 29.7 Å². The van der Waals surface area contributed by atoms with Gasteiger partial charge in [-0.3, -0.25) is 4.98 Å². The molecule has 16 heavy (non-hydrogen) atoms. The Labute approximate surface area is 95.5 Å². The Bertz CT molecular complexity index is 475. The van der Waals surface area contributed by atoms with Gasteiger partial charge in [0.1, 0.15) is 5.82 Å². The lowest BCUT2D eigenvalue weighted by molar-refractivity contribution is 0.561. The van der Waals surface area contributed by atoms with E-state index in [1.54, 1.807) is 6.20 Å². The maximum atomic E-state index is 6.14. The molecule has 0 saturated heterocycles. The molecule has 86 valence electrons. The lowest BCUT2D eigenvalue weighted by Gasteiger charge is -2.10.